The normalized spacial score (nSPS) is 12.0. The van der Waals surface area contributed by atoms with Crippen LogP contribution in [-0.4, -0.2) is 11.0 Å². The monoisotopic (exact) mass is 405 g/mol. The Kier molecular flexibility index (Phi) is 5.28. The number of hydrogen-bond acceptors (Lipinski definition) is 3. The van der Waals surface area contributed by atoms with Gasteiger partial charge in [-0.3, -0.25) is 0 Å². The highest BCUT2D eigenvalue weighted by Gasteiger charge is 2.19. The largest absolute Gasteiger partial charge is 0.454 e. The van der Waals surface area contributed by atoms with Crippen LogP contribution in [0.1, 0.15) is 28.9 Å². The molecule has 0 N–H and O–H groups in total. The first-order valence-electron chi connectivity index (χ1n) is 9.14. The van der Waals surface area contributed by atoms with Gasteiger partial charge in [-0.05, 0) is 42.8 Å². The molecule has 1 heterocycles. The van der Waals surface area contributed by atoms with Crippen LogP contribution in [0.5, 0.6) is 0 Å². The van der Waals surface area contributed by atoms with Gasteiger partial charge in [-0.15, -0.1) is 0 Å². The van der Waals surface area contributed by atoms with Crippen LogP contribution in [0.2, 0.25) is 5.02 Å². The van der Waals surface area contributed by atoms with Gasteiger partial charge in [0.25, 0.3) is 0 Å². The highest BCUT2D eigenvalue weighted by molar-refractivity contribution is 6.33. The number of hydrogen-bond donors (Lipinski definition) is 0. The van der Waals surface area contributed by atoms with Crippen LogP contribution in [0, 0.1) is 5.82 Å². The van der Waals surface area contributed by atoms with E-state index in [2.05, 4.69) is 4.98 Å². The van der Waals surface area contributed by atoms with E-state index in [1.807, 2.05) is 42.5 Å². The van der Waals surface area contributed by atoms with Crippen LogP contribution >= 0.6 is 11.6 Å². The van der Waals surface area contributed by atoms with E-state index in [9.17, 15) is 9.18 Å². The van der Waals surface area contributed by atoms with E-state index in [4.69, 9.17) is 16.3 Å². The van der Waals surface area contributed by atoms with Crippen molar-refractivity contribution in [3.8, 4) is 11.3 Å². The molecule has 144 valence electrons. The number of fused-ring (bicyclic) bond motifs is 1. The van der Waals surface area contributed by atoms with E-state index >= 15 is 0 Å². The summed E-state index contributed by atoms with van der Waals surface area (Å²) in [4.78, 5) is 17.7. The molecule has 4 aromatic rings. The molecule has 0 spiro atoms. The van der Waals surface area contributed by atoms with Crippen LogP contribution in [0.4, 0.5) is 4.39 Å². The number of carbonyl (C=O) groups excluding carboxylic acids is 1. The second-order valence-electron chi connectivity index (χ2n) is 6.65. The predicted molar refractivity (Wildman–Crippen MR) is 112 cm³/mol. The third-order valence-electron chi connectivity index (χ3n) is 4.71. The van der Waals surface area contributed by atoms with Gasteiger partial charge in [0.05, 0.1) is 16.8 Å². The molecule has 0 bridgehead atoms. The van der Waals surface area contributed by atoms with Gasteiger partial charge in [0.2, 0.25) is 0 Å². The standard InChI is InChI=1S/C24H17ClFNO2/c1-15(16-10-12-17(26)13-11-16)29-24(28)20-14-23(19-7-2-4-8-21(19)25)27-22-9-5-3-6-18(20)22/h2-15H,1H3/t15-/m1/s1. The summed E-state index contributed by atoms with van der Waals surface area (Å²) in [5.74, 6) is -0.814. The first kappa shape index (κ1) is 19.1. The fourth-order valence-electron chi connectivity index (χ4n) is 3.18. The van der Waals surface area contributed by atoms with Crippen LogP contribution in [0.25, 0.3) is 22.2 Å². The molecule has 1 aromatic heterocycles. The number of esters is 1. The maximum Gasteiger partial charge on any atom is 0.339 e. The molecule has 0 radical (unpaired) electrons. The summed E-state index contributed by atoms with van der Waals surface area (Å²) in [5.41, 5.74) is 3.12. The zero-order valence-corrected chi connectivity index (χ0v) is 16.4. The van der Waals surface area contributed by atoms with Gasteiger partial charge in [-0.2, -0.15) is 0 Å². The van der Waals surface area contributed by atoms with E-state index in [0.29, 0.717) is 32.7 Å². The molecule has 3 aromatic carbocycles. The van der Waals surface area contributed by atoms with Crippen molar-refractivity contribution in [2.45, 2.75) is 13.0 Å². The number of rotatable bonds is 4. The van der Waals surface area contributed by atoms with E-state index in [1.54, 1.807) is 31.2 Å². The Morgan fingerprint density at radius 1 is 1.00 bits per heavy atom. The molecule has 0 amide bonds. The van der Waals surface area contributed by atoms with Gasteiger partial charge >= 0.3 is 5.97 Å². The van der Waals surface area contributed by atoms with Crippen LogP contribution in [-0.2, 0) is 4.74 Å². The molecule has 0 aliphatic heterocycles. The summed E-state index contributed by atoms with van der Waals surface area (Å²) in [6.45, 7) is 1.75. The summed E-state index contributed by atoms with van der Waals surface area (Å²) in [6.07, 6.45) is -0.529. The molecule has 3 nitrogen and oxygen atoms in total. The van der Waals surface area contributed by atoms with Crippen LogP contribution < -0.4 is 0 Å². The van der Waals surface area contributed by atoms with Crippen LogP contribution in [0.15, 0.2) is 78.9 Å². The third kappa shape index (κ3) is 3.98. The van der Waals surface area contributed by atoms with E-state index < -0.39 is 12.1 Å². The maximum atomic E-state index is 13.2. The van der Waals surface area contributed by atoms with Crippen molar-refractivity contribution >= 4 is 28.5 Å². The summed E-state index contributed by atoms with van der Waals surface area (Å²) in [5, 5.41) is 1.24. The maximum absolute atomic E-state index is 13.2. The lowest BCUT2D eigenvalue weighted by atomic mass is 10.0. The van der Waals surface area contributed by atoms with Crippen molar-refractivity contribution in [2.75, 3.05) is 0 Å². The lowest BCUT2D eigenvalue weighted by Crippen LogP contribution is -2.10. The molecule has 4 rings (SSSR count). The summed E-state index contributed by atoms with van der Waals surface area (Å²) in [6, 6.07) is 22.3. The van der Waals surface area contributed by atoms with Crippen LogP contribution in [0.3, 0.4) is 0 Å². The molecule has 0 unspecified atom stereocenters. The SMILES string of the molecule is C[C@@H](OC(=O)c1cc(-c2ccccc2Cl)nc2ccccc12)c1ccc(F)cc1. The number of para-hydroxylation sites is 1. The van der Waals surface area contributed by atoms with Crippen molar-refractivity contribution < 1.29 is 13.9 Å². The number of carbonyl (C=O) groups is 1. The highest BCUT2D eigenvalue weighted by atomic mass is 35.5. The predicted octanol–water partition coefficient (Wildman–Crippen LogP) is 6.61. The molecule has 0 fully saturated rings. The summed E-state index contributed by atoms with van der Waals surface area (Å²) in [7, 11) is 0. The van der Waals surface area contributed by atoms with Gasteiger partial charge in [-0.25, -0.2) is 14.2 Å². The Morgan fingerprint density at radius 2 is 1.69 bits per heavy atom. The lowest BCUT2D eigenvalue weighted by molar-refractivity contribution is 0.0340. The van der Waals surface area contributed by atoms with E-state index in [-0.39, 0.29) is 5.82 Å². The molecular formula is C24H17ClFNO2. The molecule has 29 heavy (non-hydrogen) atoms. The Labute approximate surface area is 172 Å². The minimum Gasteiger partial charge on any atom is -0.454 e. The van der Waals surface area contributed by atoms with Gasteiger partial charge in [0.15, 0.2) is 0 Å². The second-order valence-corrected chi connectivity index (χ2v) is 7.06. The van der Waals surface area contributed by atoms with Gasteiger partial charge in [-0.1, -0.05) is 60.1 Å². The molecule has 0 saturated carbocycles. The lowest BCUT2D eigenvalue weighted by Gasteiger charge is -2.15. The number of aromatic nitrogens is 1. The van der Waals surface area contributed by atoms with E-state index in [0.717, 1.165) is 5.56 Å². The van der Waals surface area contributed by atoms with Crippen molar-refractivity contribution in [3.63, 3.8) is 0 Å². The van der Waals surface area contributed by atoms with Crippen molar-refractivity contribution in [3.05, 3.63) is 101 Å². The molecule has 0 saturated heterocycles. The minimum absolute atomic E-state index is 0.336. The van der Waals surface area contributed by atoms with Gasteiger partial charge < -0.3 is 4.74 Å². The Balaban J connectivity index is 1.74. The highest BCUT2D eigenvalue weighted by Crippen LogP contribution is 2.31. The summed E-state index contributed by atoms with van der Waals surface area (Å²) >= 11 is 6.33. The molecule has 5 heteroatoms. The number of halogens is 2. The minimum atomic E-state index is -0.529. The van der Waals surface area contributed by atoms with Gasteiger partial charge in [0.1, 0.15) is 11.9 Å². The third-order valence-corrected chi connectivity index (χ3v) is 5.04. The molecule has 0 aliphatic carbocycles. The number of pyridine rings is 1. The quantitative estimate of drug-likeness (QED) is 0.358. The van der Waals surface area contributed by atoms with Gasteiger partial charge in [0, 0.05) is 16.0 Å². The van der Waals surface area contributed by atoms with Crippen molar-refractivity contribution in [2.24, 2.45) is 0 Å². The zero-order chi connectivity index (χ0) is 20.4. The topological polar surface area (TPSA) is 39.2 Å². The Bertz CT molecular complexity index is 1190. The smallest absolute Gasteiger partial charge is 0.339 e. The Morgan fingerprint density at radius 3 is 2.45 bits per heavy atom. The Hall–Kier alpha value is -3.24. The number of nitrogens with zero attached hydrogens (tertiary/aromatic N) is 1. The fraction of sp³-hybridized carbons (Fsp3) is 0.0833. The molecular weight excluding hydrogens is 389 g/mol. The second kappa shape index (κ2) is 8.02. The zero-order valence-electron chi connectivity index (χ0n) is 15.6. The fourth-order valence-corrected chi connectivity index (χ4v) is 3.41. The van der Waals surface area contributed by atoms with Crippen molar-refractivity contribution in [1.29, 1.82) is 0 Å². The average molecular weight is 406 g/mol. The van der Waals surface area contributed by atoms with Crippen molar-refractivity contribution in [1.82, 2.24) is 4.98 Å². The number of ether oxygens (including phenoxy) is 1. The van der Waals surface area contributed by atoms with E-state index in [1.165, 1.54) is 12.1 Å². The average Bonchev–Trinajstić information content (AvgIpc) is 2.73. The summed E-state index contributed by atoms with van der Waals surface area (Å²) < 4.78 is 18.8. The molecule has 0 aliphatic rings. The number of benzene rings is 3. The first-order valence-corrected chi connectivity index (χ1v) is 9.52. The first-order chi connectivity index (χ1) is 14.0. The molecule has 1 atom stereocenters.